The van der Waals surface area contributed by atoms with E-state index >= 15 is 0 Å². The summed E-state index contributed by atoms with van der Waals surface area (Å²) in [7, 11) is 0. The lowest BCUT2D eigenvalue weighted by Gasteiger charge is -2.30. The third-order valence-corrected chi connectivity index (χ3v) is 7.35. The van der Waals surface area contributed by atoms with Crippen molar-refractivity contribution in [3.05, 3.63) is 83.2 Å². The number of anilines is 1. The molecule has 1 saturated heterocycles. The molecule has 1 aliphatic heterocycles. The minimum absolute atomic E-state index is 0.0779. The Morgan fingerprint density at radius 1 is 1.10 bits per heavy atom. The molecule has 1 fully saturated rings. The van der Waals surface area contributed by atoms with Gasteiger partial charge < -0.3 is 21.3 Å². The van der Waals surface area contributed by atoms with Crippen LogP contribution in [0.25, 0.3) is 11.3 Å². The molecule has 8 nitrogen and oxygen atoms in total. The molecule has 1 aliphatic rings. The van der Waals surface area contributed by atoms with Crippen molar-refractivity contribution in [2.45, 2.75) is 51.0 Å². The highest BCUT2D eigenvalue weighted by molar-refractivity contribution is 5.99. The SMILES string of the molecule is N#Cc1ccccc1-c1ccc(C(=O)NCC2CCCCCN2C(=O)CCCN)c(NCCc2cccc(F)c2)n1. The van der Waals surface area contributed by atoms with Crippen LogP contribution in [0.15, 0.2) is 60.7 Å². The van der Waals surface area contributed by atoms with E-state index in [1.54, 1.807) is 30.3 Å². The van der Waals surface area contributed by atoms with E-state index in [1.807, 2.05) is 23.1 Å². The molecule has 0 aliphatic carbocycles. The minimum Gasteiger partial charge on any atom is -0.369 e. The number of pyridine rings is 1. The first kappa shape index (κ1) is 29.7. The first-order chi connectivity index (χ1) is 20.0. The van der Waals surface area contributed by atoms with Crippen LogP contribution in [-0.4, -0.2) is 53.9 Å². The predicted molar refractivity (Wildman–Crippen MR) is 158 cm³/mol. The Balaban J connectivity index is 1.53. The smallest absolute Gasteiger partial charge is 0.255 e. The normalized spacial score (nSPS) is 15.0. The van der Waals surface area contributed by atoms with Crippen molar-refractivity contribution >= 4 is 17.6 Å². The van der Waals surface area contributed by atoms with Gasteiger partial charge in [0.2, 0.25) is 5.91 Å². The molecule has 214 valence electrons. The van der Waals surface area contributed by atoms with E-state index in [0.29, 0.717) is 73.6 Å². The van der Waals surface area contributed by atoms with Crippen LogP contribution in [0.3, 0.4) is 0 Å². The molecule has 0 radical (unpaired) electrons. The van der Waals surface area contributed by atoms with Gasteiger partial charge in [-0.25, -0.2) is 9.37 Å². The van der Waals surface area contributed by atoms with E-state index in [9.17, 15) is 19.2 Å². The highest BCUT2D eigenvalue weighted by Gasteiger charge is 2.26. The second-order valence-corrected chi connectivity index (χ2v) is 10.2. The molecule has 0 saturated carbocycles. The molecule has 1 aromatic heterocycles. The zero-order valence-electron chi connectivity index (χ0n) is 23.2. The van der Waals surface area contributed by atoms with Gasteiger partial charge in [-0.05, 0) is 68.1 Å². The lowest BCUT2D eigenvalue weighted by Crippen LogP contribution is -2.46. The van der Waals surface area contributed by atoms with Crippen molar-refractivity contribution < 1.29 is 14.0 Å². The summed E-state index contributed by atoms with van der Waals surface area (Å²) in [6.07, 6.45) is 5.43. The van der Waals surface area contributed by atoms with Crippen LogP contribution < -0.4 is 16.4 Å². The summed E-state index contributed by atoms with van der Waals surface area (Å²) in [5.41, 5.74) is 8.51. The topological polar surface area (TPSA) is 124 Å². The molecular formula is C32H37FN6O2. The van der Waals surface area contributed by atoms with E-state index in [1.165, 1.54) is 12.1 Å². The van der Waals surface area contributed by atoms with E-state index in [2.05, 4.69) is 16.7 Å². The Labute approximate surface area is 240 Å². The summed E-state index contributed by atoms with van der Waals surface area (Å²) in [6, 6.07) is 19.1. The fraction of sp³-hybridized carbons (Fsp3) is 0.375. The van der Waals surface area contributed by atoms with Crippen LogP contribution in [0.4, 0.5) is 10.2 Å². The molecule has 1 atom stereocenters. The predicted octanol–water partition coefficient (Wildman–Crippen LogP) is 4.65. The van der Waals surface area contributed by atoms with E-state index in [0.717, 1.165) is 31.2 Å². The van der Waals surface area contributed by atoms with Gasteiger partial charge in [-0.1, -0.05) is 43.2 Å². The molecule has 41 heavy (non-hydrogen) atoms. The standard InChI is InChI=1S/C32H37FN6O2/c33-25-10-6-8-23(20-25)16-18-36-31-28(14-15-29(38-31)27-12-4-3-9-24(27)21-35)32(41)37-22-26-11-2-1-5-19-39(26)30(40)13-7-17-34/h3-4,6,8-10,12,14-15,20,26H,1-2,5,7,11,13,16-19,22,34H2,(H,36,38)(H,37,41). The highest BCUT2D eigenvalue weighted by Crippen LogP contribution is 2.25. The lowest BCUT2D eigenvalue weighted by atomic mass is 10.0. The number of nitriles is 1. The van der Waals surface area contributed by atoms with Crippen LogP contribution in [0.1, 0.15) is 60.0 Å². The van der Waals surface area contributed by atoms with Crippen LogP contribution in [0, 0.1) is 17.1 Å². The second-order valence-electron chi connectivity index (χ2n) is 10.2. The van der Waals surface area contributed by atoms with Crippen LogP contribution in [-0.2, 0) is 11.2 Å². The number of benzene rings is 2. The van der Waals surface area contributed by atoms with Crippen molar-refractivity contribution in [1.82, 2.24) is 15.2 Å². The average molecular weight is 557 g/mol. The van der Waals surface area contributed by atoms with Crippen molar-refractivity contribution in [1.29, 1.82) is 5.26 Å². The van der Waals surface area contributed by atoms with Crippen LogP contribution >= 0.6 is 0 Å². The fourth-order valence-electron chi connectivity index (χ4n) is 5.17. The highest BCUT2D eigenvalue weighted by atomic mass is 19.1. The zero-order valence-corrected chi connectivity index (χ0v) is 23.2. The number of nitrogens with two attached hydrogens (primary N) is 1. The van der Waals surface area contributed by atoms with Crippen LogP contribution in [0.2, 0.25) is 0 Å². The Morgan fingerprint density at radius 3 is 2.76 bits per heavy atom. The molecule has 2 amide bonds. The number of carbonyl (C=O) groups is 2. The number of aromatic nitrogens is 1. The molecular weight excluding hydrogens is 519 g/mol. The largest absolute Gasteiger partial charge is 0.369 e. The number of nitrogens with one attached hydrogen (secondary N) is 2. The third-order valence-electron chi connectivity index (χ3n) is 7.35. The van der Waals surface area contributed by atoms with Gasteiger partial charge in [-0.2, -0.15) is 5.26 Å². The van der Waals surface area contributed by atoms with Gasteiger partial charge in [0.25, 0.3) is 5.91 Å². The Morgan fingerprint density at radius 2 is 1.95 bits per heavy atom. The summed E-state index contributed by atoms with van der Waals surface area (Å²) in [5, 5.41) is 15.9. The Kier molecular flexibility index (Phi) is 10.8. The molecule has 2 heterocycles. The first-order valence-electron chi connectivity index (χ1n) is 14.3. The molecule has 9 heteroatoms. The van der Waals surface area contributed by atoms with Crippen molar-refractivity contribution in [3.63, 3.8) is 0 Å². The molecule has 3 aromatic rings. The molecule has 4 N–H and O–H groups in total. The number of amides is 2. The molecule has 1 unspecified atom stereocenters. The molecule has 4 rings (SSSR count). The van der Waals surface area contributed by atoms with Gasteiger partial charge in [0.1, 0.15) is 11.6 Å². The maximum absolute atomic E-state index is 13.7. The summed E-state index contributed by atoms with van der Waals surface area (Å²) < 4.78 is 13.7. The van der Waals surface area contributed by atoms with Gasteiger partial charge in [-0.15, -0.1) is 0 Å². The van der Waals surface area contributed by atoms with E-state index < -0.39 is 0 Å². The summed E-state index contributed by atoms with van der Waals surface area (Å²) in [5.74, 6) is -0.145. The first-order valence-corrected chi connectivity index (χ1v) is 14.3. The van der Waals surface area contributed by atoms with Gasteiger partial charge in [0, 0.05) is 37.7 Å². The Bertz CT molecular complexity index is 1390. The molecule has 0 spiro atoms. The van der Waals surface area contributed by atoms with Gasteiger partial charge in [0.05, 0.1) is 22.9 Å². The second kappa shape index (κ2) is 14.9. The lowest BCUT2D eigenvalue weighted by molar-refractivity contribution is -0.133. The number of nitrogens with zero attached hydrogens (tertiary/aromatic N) is 3. The van der Waals surface area contributed by atoms with E-state index in [4.69, 9.17) is 10.7 Å². The van der Waals surface area contributed by atoms with Crippen LogP contribution in [0.5, 0.6) is 0 Å². The number of halogens is 1. The number of hydrogen-bond acceptors (Lipinski definition) is 6. The van der Waals surface area contributed by atoms with Crippen molar-refractivity contribution in [2.24, 2.45) is 5.73 Å². The van der Waals surface area contributed by atoms with Gasteiger partial charge in [-0.3, -0.25) is 9.59 Å². The fourth-order valence-corrected chi connectivity index (χ4v) is 5.17. The quantitative estimate of drug-likeness (QED) is 0.316. The van der Waals surface area contributed by atoms with Crippen molar-refractivity contribution in [2.75, 3.05) is 31.5 Å². The van der Waals surface area contributed by atoms with E-state index in [-0.39, 0.29) is 23.7 Å². The summed E-state index contributed by atoms with van der Waals surface area (Å²) in [6.45, 7) is 1.92. The summed E-state index contributed by atoms with van der Waals surface area (Å²) >= 11 is 0. The minimum atomic E-state index is -0.301. The molecule has 2 aromatic carbocycles. The summed E-state index contributed by atoms with van der Waals surface area (Å²) in [4.78, 5) is 33.0. The zero-order chi connectivity index (χ0) is 29.0. The van der Waals surface area contributed by atoms with Crippen molar-refractivity contribution in [3.8, 4) is 17.3 Å². The number of rotatable bonds is 11. The monoisotopic (exact) mass is 556 g/mol. The average Bonchev–Trinajstić information content (AvgIpc) is 3.24. The Hall–Kier alpha value is -4.29. The molecule has 0 bridgehead atoms. The third kappa shape index (κ3) is 8.12. The van der Waals surface area contributed by atoms with Gasteiger partial charge in [0.15, 0.2) is 0 Å². The number of hydrogen-bond donors (Lipinski definition) is 3. The maximum Gasteiger partial charge on any atom is 0.255 e. The number of carbonyl (C=O) groups excluding carboxylic acids is 2. The maximum atomic E-state index is 13.7. The van der Waals surface area contributed by atoms with Gasteiger partial charge >= 0.3 is 0 Å². The number of likely N-dealkylation sites (tertiary alicyclic amines) is 1.